The van der Waals surface area contributed by atoms with Crippen LogP contribution in [0.4, 0.5) is 0 Å². The van der Waals surface area contributed by atoms with Crippen LogP contribution in [0.3, 0.4) is 0 Å². The van der Waals surface area contributed by atoms with Gasteiger partial charge in [-0.1, -0.05) is 0 Å². The highest BCUT2D eigenvalue weighted by Crippen LogP contribution is 2.08. The zero-order chi connectivity index (χ0) is 9.10. The summed E-state index contributed by atoms with van der Waals surface area (Å²) in [4.78, 5) is 4.76. The average molecular weight is 180 g/mol. The number of nitrogens with one attached hydrogen (secondary N) is 1. The summed E-state index contributed by atoms with van der Waals surface area (Å²) in [5, 5.41) is 11.8. The standard InChI is InChI=1S/C9H16N4/c10-1-2-12-3-5-13(6-4-12)9-7-11-8-9/h9,11H,2-8H2. The van der Waals surface area contributed by atoms with Crippen LogP contribution in [0, 0.1) is 11.3 Å². The van der Waals surface area contributed by atoms with Gasteiger partial charge in [0.05, 0.1) is 12.6 Å². The van der Waals surface area contributed by atoms with Crippen molar-refractivity contribution in [2.75, 3.05) is 45.8 Å². The van der Waals surface area contributed by atoms with Gasteiger partial charge in [0.2, 0.25) is 0 Å². The van der Waals surface area contributed by atoms with E-state index in [0.29, 0.717) is 6.54 Å². The van der Waals surface area contributed by atoms with Gasteiger partial charge < -0.3 is 5.32 Å². The van der Waals surface area contributed by atoms with E-state index in [1.54, 1.807) is 0 Å². The van der Waals surface area contributed by atoms with Crippen LogP contribution in [0.1, 0.15) is 0 Å². The SMILES string of the molecule is N#CCN1CCN(C2CNC2)CC1. The van der Waals surface area contributed by atoms with Gasteiger partial charge in [-0.25, -0.2) is 0 Å². The lowest BCUT2D eigenvalue weighted by molar-refractivity contribution is 0.0789. The molecule has 0 unspecified atom stereocenters. The summed E-state index contributed by atoms with van der Waals surface area (Å²) in [7, 11) is 0. The van der Waals surface area contributed by atoms with Crippen molar-refractivity contribution in [2.24, 2.45) is 0 Å². The zero-order valence-corrected chi connectivity index (χ0v) is 7.87. The molecule has 0 bridgehead atoms. The van der Waals surface area contributed by atoms with Crippen molar-refractivity contribution in [2.45, 2.75) is 6.04 Å². The highest BCUT2D eigenvalue weighted by atomic mass is 15.3. The first-order valence-electron chi connectivity index (χ1n) is 4.94. The second-order valence-electron chi connectivity index (χ2n) is 3.78. The minimum atomic E-state index is 0.594. The van der Waals surface area contributed by atoms with E-state index in [0.717, 1.165) is 45.3 Å². The second-order valence-corrected chi connectivity index (χ2v) is 3.78. The van der Waals surface area contributed by atoms with Crippen LogP contribution in [-0.2, 0) is 0 Å². The average Bonchev–Trinajstić information content (AvgIpc) is 2.06. The highest BCUT2D eigenvalue weighted by Gasteiger charge is 2.27. The molecule has 2 aliphatic rings. The Morgan fingerprint density at radius 3 is 2.38 bits per heavy atom. The van der Waals surface area contributed by atoms with Crippen molar-refractivity contribution in [3.63, 3.8) is 0 Å². The lowest BCUT2D eigenvalue weighted by Gasteiger charge is -2.42. The Kier molecular flexibility index (Phi) is 2.79. The van der Waals surface area contributed by atoms with E-state index in [1.165, 1.54) is 0 Å². The van der Waals surface area contributed by atoms with Crippen LogP contribution in [0.5, 0.6) is 0 Å². The number of hydrogen-bond acceptors (Lipinski definition) is 4. The maximum Gasteiger partial charge on any atom is 0.0866 e. The van der Waals surface area contributed by atoms with Gasteiger partial charge in [0.15, 0.2) is 0 Å². The molecule has 0 amide bonds. The van der Waals surface area contributed by atoms with Gasteiger partial charge in [-0.15, -0.1) is 0 Å². The molecule has 0 saturated carbocycles. The lowest BCUT2D eigenvalue weighted by atomic mass is 10.1. The fourth-order valence-corrected chi connectivity index (χ4v) is 1.92. The zero-order valence-electron chi connectivity index (χ0n) is 7.87. The van der Waals surface area contributed by atoms with Gasteiger partial charge in [-0.05, 0) is 0 Å². The Balaban J connectivity index is 1.73. The van der Waals surface area contributed by atoms with Crippen LogP contribution in [0.2, 0.25) is 0 Å². The van der Waals surface area contributed by atoms with Crippen molar-refractivity contribution in [1.82, 2.24) is 15.1 Å². The van der Waals surface area contributed by atoms with Gasteiger partial charge in [0.25, 0.3) is 0 Å². The molecule has 2 fully saturated rings. The number of hydrogen-bond donors (Lipinski definition) is 1. The summed E-state index contributed by atoms with van der Waals surface area (Å²) < 4.78 is 0. The summed E-state index contributed by atoms with van der Waals surface area (Å²) in [6.45, 7) is 7.28. The second kappa shape index (κ2) is 4.05. The molecule has 1 N–H and O–H groups in total. The number of piperazine rings is 1. The molecule has 72 valence electrons. The normalized spacial score (nSPS) is 26.7. The molecule has 0 radical (unpaired) electrons. The monoisotopic (exact) mass is 180 g/mol. The van der Waals surface area contributed by atoms with E-state index in [2.05, 4.69) is 21.2 Å². The third-order valence-electron chi connectivity index (χ3n) is 2.98. The first-order valence-corrected chi connectivity index (χ1v) is 4.94. The quantitative estimate of drug-likeness (QED) is 0.559. The first-order chi connectivity index (χ1) is 6.40. The summed E-state index contributed by atoms with van der Waals surface area (Å²) in [5.74, 6) is 0. The van der Waals surface area contributed by atoms with Crippen LogP contribution in [0.25, 0.3) is 0 Å². The van der Waals surface area contributed by atoms with Gasteiger partial charge in [-0.3, -0.25) is 9.80 Å². The lowest BCUT2D eigenvalue weighted by Crippen LogP contribution is -2.61. The molecule has 0 aromatic rings. The van der Waals surface area contributed by atoms with Crippen LogP contribution in [0.15, 0.2) is 0 Å². The summed E-state index contributed by atoms with van der Waals surface area (Å²) in [5.41, 5.74) is 0. The Labute approximate surface area is 79.1 Å². The topological polar surface area (TPSA) is 42.3 Å². The third kappa shape index (κ3) is 1.99. The van der Waals surface area contributed by atoms with E-state index >= 15 is 0 Å². The highest BCUT2D eigenvalue weighted by molar-refractivity contribution is 4.88. The van der Waals surface area contributed by atoms with Crippen molar-refractivity contribution in [3.05, 3.63) is 0 Å². The molecule has 2 saturated heterocycles. The van der Waals surface area contributed by atoms with E-state index < -0.39 is 0 Å². The maximum absolute atomic E-state index is 8.54. The maximum atomic E-state index is 8.54. The molecule has 13 heavy (non-hydrogen) atoms. The molecule has 0 spiro atoms. The van der Waals surface area contributed by atoms with Crippen molar-refractivity contribution < 1.29 is 0 Å². The van der Waals surface area contributed by atoms with Crippen molar-refractivity contribution in [3.8, 4) is 6.07 Å². The fraction of sp³-hybridized carbons (Fsp3) is 0.889. The Bertz CT molecular complexity index is 198. The molecule has 2 rings (SSSR count). The predicted octanol–water partition coefficient (Wildman–Crippen LogP) is -0.901. The van der Waals surface area contributed by atoms with E-state index in [1.807, 2.05) is 0 Å². The molecule has 0 aromatic carbocycles. The van der Waals surface area contributed by atoms with Gasteiger partial charge >= 0.3 is 0 Å². The molecule has 4 nitrogen and oxygen atoms in total. The summed E-state index contributed by atoms with van der Waals surface area (Å²) in [6.07, 6.45) is 0. The van der Waals surface area contributed by atoms with E-state index in [4.69, 9.17) is 5.26 Å². The Morgan fingerprint density at radius 2 is 1.92 bits per heavy atom. The molecule has 0 aromatic heterocycles. The number of nitriles is 1. The van der Waals surface area contributed by atoms with Crippen LogP contribution >= 0.6 is 0 Å². The number of nitrogens with zero attached hydrogens (tertiary/aromatic N) is 3. The number of rotatable bonds is 2. The molecular weight excluding hydrogens is 164 g/mol. The molecule has 2 heterocycles. The Morgan fingerprint density at radius 1 is 1.23 bits per heavy atom. The van der Waals surface area contributed by atoms with Gasteiger partial charge in [0, 0.05) is 45.3 Å². The van der Waals surface area contributed by atoms with E-state index in [-0.39, 0.29) is 0 Å². The minimum Gasteiger partial charge on any atom is -0.314 e. The van der Waals surface area contributed by atoms with Crippen LogP contribution < -0.4 is 5.32 Å². The predicted molar refractivity (Wildman–Crippen MR) is 50.3 cm³/mol. The van der Waals surface area contributed by atoms with Crippen LogP contribution in [-0.4, -0.2) is 61.7 Å². The molecule has 4 heteroatoms. The summed E-state index contributed by atoms with van der Waals surface area (Å²) in [6, 6.07) is 2.97. The largest absolute Gasteiger partial charge is 0.314 e. The van der Waals surface area contributed by atoms with Crippen molar-refractivity contribution in [1.29, 1.82) is 5.26 Å². The molecule has 0 aliphatic carbocycles. The molecule has 2 aliphatic heterocycles. The fourth-order valence-electron chi connectivity index (χ4n) is 1.92. The molecule has 0 atom stereocenters. The third-order valence-corrected chi connectivity index (χ3v) is 2.98. The van der Waals surface area contributed by atoms with E-state index in [9.17, 15) is 0 Å². The summed E-state index contributed by atoms with van der Waals surface area (Å²) >= 11 is 0. The van der Waals surface area contributed by atoms with Gasteiger partial charge in [-0.2, -0.15) is 5.26 Å². The first kappa shape index (κ1) is 8.95. The minimum absolute atomic E-state index is 0.594. The van der Waals surface area contributed by atoms with Crippen molar-refractivity contribution >= 4 is 0 Å². The smallest absolute Gasteiger partial charge is 0.0866 e. The Hall–Kier alpha value is -0.630. The van der Waals surface area contributed by atoms with Gasteiger partial charge in [0.1, 0.15) is 0 Å². The molecular formula is C9H16N4.